The summed E-state index contributed by atoms with van der Waals surface area (Å²) >= 11 is 0. The first-order chi connectivity index (χ1) is 9.40. The largest absolute Gasteiger partial charge is 0.496 e. The number of nitro groups is 1. The van der Waals surface area contributed by atoms with Crippen LogP contribution >= 0.6 is 0 Å². The van der Waals surface area contributed by atoms with Gasteiger partial charge in [-0.15, -0.1) is 0 Å². The molecule has 0 fully saturated rings. The predicted molar refractivity (Wildman–Crippen MR) is 68.9 cm³/mol. The molecule has 20 heavy (non-hydrogen) atoms. The van der Waals surface area contributed by atoms with Gasteiger partial charge in [-0.25, -0.2) is 0 Å². The Balaban J connectivity index is 3.20. The van der Waals surface area contributed by atoms with Crippen molar-refractivity contribution in [1.29, 1.82) is 0 Å². The molecule has 0 spiro atoms. The number of rotatable bonds is 6. The molecule has 0 aliphatic rings. The summed E-state index contributed by atoms with van der Waals surface area (Å²) in [5.74, 6) is -1.63. The fourth-order valence-corrected chi connectivity index (χ4v) is 1.64. The number of carboxylic acids is 1. The Morgan fingerprint density at radius 2 is 2.10 bits per heavy atom. The minimum absolute atomic E-state index is 0.0372. The van der Waals surface area contributed by atoms with Gasteiger partial charge in [-0.3, -0.25) is 19.7 Å². The minimum Gasteiger partial charge on any atom is -0.496 e. The standard InChI is InChI=1S/C12H14N2O6/c1-3-13(7-11(15)16)12(17)9-6-8(14(18)19)4-5-10(9)20-2/h4-6H,3,7H2,1-2H3,(H,15,16). The summed E-state index contributed by atoms with van der Waals surface area (Å²) in [6.07, 6.45) is 0. The van der Waals surface area contributed by atoms with Gasteiger partial charge >= 0.3 is 5.97 Å². The molecule has 1 amide bonds. The van der Waals surface area contributed by atoms with E-state index in [-0.39, 0.29) is 23.5 Å². The van der Waals surface area contributed by atoms with Crippen molar-refractivity contribution >= 4 is 17.6 Å². The SMILES string of the molecule is CCN(CC(=O)O)C(=O)c1cc([N+](=O)[O-])ccc1OC. The highest BCUT2D eigenvalue weighted by Crippen LogP contribution is 2.25. The van der Waals surface area contributed by atoms with Crippen molar-refractivity contribution < 1.29 is 24.4 Å². The van der Waals surface area contributed by atoms with Crippen LogP contribution in [0.5, 0.6) is 5.75 Å². The number of carbonyl (C=O) groups excluding carboxylic acids is 1. The lowest BCUT2D eigenvalue weighted by Crippen LogP contribution is -2.35. The Morgan fingerprint density at radius 1 is 1.45 bits per heavy atom. The van der Waals surface area contributed by atoms with E-state index in [0.29, 0.717) is 0 Å². The molecule has 1 rings (SSSR count). The lowest BCUT2D eigenvalue weighted by Gasteiger charge is -2.19. The molecule has 0 bridgehead atoms. The van der Waals surface area contributed by atoms with E-state index in [2.05, 4.69) is 0 Å². The van der Waals surface area contributed by atoms with E-state index in [4.69, 9.17) is 9.84 Å². The molecular formula is C12H14N2O6. The Morgan fingerprint density at radius 3 is 2.55 bits per heavy atom. The average molecular weight is 282 g/mol. The highest BCUT2D eigenvalue weighted by molar-refractivity contribution is 5.98. The summed E-state index contributed by atoms with van der Waals surface area (Å²) in [4.78, 5) is 34.1. The maximum Gasteiger partial charge on any atom is 0.323 e. The van der Waals surface area contributed by atoms with Crippen molar-refractivity contribution in [2.45, 2.75) is 6.92 Å². The maximum absolute atomic E-state index is 12.2. The summed E-state index contributed by atoms with van der Waals surface area (Å²) in [7, 11) is 1.32. The lowest BCUT2D eigenvalue weighted by molar-refractivity contribution is -0.384. The molecule has 1 N–H and O–H groups in total. The number of nitro benzene ring substituents is 1. The van der Waals surface area contributed by atoms with Gasteiger partial charge < -0.3 is 14.7 Å². The molecule has 0 saturated heterocycles. The summed E-state index contributed by atoms with van der Waals surface area (Å²) in [6.45, 7) is 1.29. The van der Waals surface area contributed by atoms with E-state index in [0.717, 1.165) is 11.0 Å². The zero-order chi connectivity index (χ0) is 15.3. The van der Waals surface area contributed by atoms with Crippen LogP contribution in [0.3, 0.4) is 0 Å². The number of amides is 1. The molecule has 0 aliphatic heterocycles. The van der Waals surface area contributed by atoms with E-state index in [1.807, 2.05) is 0 Å². The second kappa shape index (κ2) is 6.50. The third-order valence-electron chi connectivity index (χ3n) is 2.62. The van der Waals surface area contributed by atoms with Gasteiger partial charge in [0, 0.05) is 18.7 Å². The fourth-order valence-electron chi connectivity index (χ4n) is 1.64. The molecule has 0 atom stereocenters. The number of carboxylic acid groups (broad SMARTS) is 1. The van der Waals surface area contributed by atoms with Crippen LogP contribution in [-0.4, -0.2) is 47.0 Å². The summed E-state index contributed by atoms with van der Waals surface area (Å²) in [5.41, 5.74) is -0.301. The smallest absolute Gasteiger partial charge is 0.323 e. The van der Waals surface area contributed by atoms with Crippen LogP contribution in [0.25, 0.3) is 0 Å². The Labute approximate surface area is 114 Å². The number of methoxy groups -OCH3 is 1. The number of hydrogen-bond acceptors (Lipinski definition) is 5. The maximum atomic E-state index is 12.2. The van der Waals surface area contributed by atoms with Gasteiger partial charge in [-0.05, 0) is 13.0 Å². The first-order valence-electron chi connectivity index (χ1n) is 5.74. The highest BCUT2D eigenvalue weighted by atomic mass is 16.6. The third-order valence-corrected chi connectivity index (χ3v) is 2.62. The normalized spacial score (nSPS) is 9.90. The Hall–Kier alpha value is -2.64. The second-order valence-electron chi connectivity index (χ2n) is 3.85. The highest BCUT2D eigenvalue weighted by Gasteiger charge is 2.23. The first-order valence-corrected chi connectivity index (χ1v) is 5.74. The number of likely N-dealkylation sites (N-methyl/N-ethyl adjacent to an activating group) is 1. The van der Waals surface area contributed by atoms with Gasteiger partial charge in [-0.1, -0.05) is 0 Å². The number of benzene rings is 1. The summed E-state index contributed by atoms with van der Waals surface area (Å²) in [5, 5.41) is 19.5. The number of aliphatic carboxylic acids is 1. The minimum atomic E-state index is -1.16. The van der Waals surface area contributed by atoms with Gasteiger partial charge in [0.1, 0.15) is 12.3 Å². The average Bonchev–Trinajstić information content (AvgIpc) is 2.42. The summed E-state index contributed by atoms with van der Waals surface area (Å²) < 4.78 is 4.98. The van der Waals surface area contributed by atoms with Gasteiger partial charge in [-0.2, -0.15) is 0 Å². The van der Waals surface area contributed by atoms with Crippen molar-refractivity contribution in [2.24, 2.45) is 0 Å². The number of carbonyl (C=O) groups is 2. The molecule has 1 aromatic carbocycles. The molecule has 0 unspecified atom stereocenters. The molecular weight excluding hydrogens is 268 g/mol. The number of ether oxygens (including phenoxy) is 1. The number of non-ortho nitro benzene ring substituents is 1. The second-order valence-corrected chi connectivity index (χ2v) is 3.85. The van der Waals surface area contributed by atoms with Gasteiger partial charge in [0.25, 0.3) is 11.6 Å². The van der Waals surface area contributed by atoms with Crippen LogP contribution in [-0.2, 0) is 4.79 Å². The van der Waals surface area contributed by atoms with Crippen molar-refractivity contribution in [3.63, 3.8) is 0 Å². The molecule has 0 aliphatic carbocycles. The molecule has 0 saturated carbocycles. The molecule has 8 nitrogen and oxygen atoms in total. The van der Waals surface area contributed by atoms with E-state index >= 15 is 0 Å². The predicted octanol–water partition coefficient (Wildman–Crippen LogP) is 1.15. The van der Waals surface area contributed by atoms with Crippen LogP contribution < -0.4 is 4.74 Å². The van der Waals surface area contributed by atoms with Gasteiger partial charge in [0.2, 0.25) is 0 Å². The topological polar surface area (TPSA) is 110 Å². The molecule has 0 radical (unpaired) electrons. The van der Waals surface area contributed by atoms with Crippen molar-refractivity contribution in [1.82, 2.24) is 4.90 Å². The molecule has 0 aromatic heterocycles. The Bertz CT molecular complexity index is 543. The lowest BCUT2D eigenvalue weighted by atomic mass is 10.1. The van der Waals surface area contributed by atoms with Gasteiger partial charge in [0.15, 0.2) is 0 Å². The molecule has 1 aromatic rings. The molecule has 108 valence electrons. The first kappa shape index (κ1) is 15.4. The van der Waals surface area contributed by atoms with Crippen LogP contribution in [0.2, 0.25) is 0 Å². The van der Waals surface area contributed by atoms with Crippen molar-refractivity contribution in [3.8, 4) is 5.75 Å². The van der Waals surface area contributed by atoms with Crippen LogP contribution in [0.4, 0.5) is 5.69 Å². The monoisotopic (exact) mass is 282 g/mol. The molecule has 8 heteroatoms. The zero-order valence-electron chi connectivity index (χ0n) is 11.0. The van der Waals surface area contributed by atoms with Crippen molar-refractivity contribution in [3.05, 3.63) is 33.9 Å². The summed E-state index contributed by atoms with van der Waals surface area (Å²) in [6, 6.07) is 3.59. The number of hydrogen-bond donors (Lipinski definition) is 1. The van der Waals surface area contributed by atoms with Crippen LogP contribution in [0.1, 0.15) is 17.3 Å². The van der Waals surface area contributed by atoms with Crippen molar-refractivity contribution in [2.75, 3.05) is 20.2 Å². The number of nitrogens with zero attached hydrogens (tertiary/aromatic N) is 2. The van der Waals surface area contributed by atoms with E-state index < -0.39 is 23.3 Å². The van der Waals surface area contributed by atoms with Gasteiger partial charge in [0.05, 0.1) is 17.6 Å². The van der Waals surface area contributed by atoms with Crippen LogP contribution in [0, 0.1) is 10.1 Å². The van der Waals surface area contributed by atoms with E-state index in [1.54, 1.807) is 6.92 Å². The zero-order valence-corrected chi connectivity index (χ0v) is 11.0. The quantitative estimate of drug-likeness (QED) is 0.619. The Kier molecular flexibility index (Phi) is 5.01. The van der Waals surface area contributed by atoms with E-state index in [9.17, 15) is 19.7 Å². The molecule has 0 heterocycles. The van der Waals surface area contributed by atoms with E-state index in [1.165, 1.54) is 19.2 Å². The fraction of sp³-hybridized carbons (Fsp3) is 0.333. The van der Waals surface area contributed by atoms with Crippen LogP contribution in [0.15, 0.2) is 18.2 Å². The third kappa shape index (κ3) is 3.44.